The number of nitrogens with zero attached hydrogens (tertiary/aromatic N) is 1. The van der Waals surface area contributed by atoms with Crippen LogP contribution in [0.1, 0.15) is 45.2 Å². The van der Waals surface area contributed by atoms with E-state index in [2.05, 4.69) is 5.32 Å². The first-order valence-corrected chi connectivity index (χ1v) is 7.41. The molecule has 1 aromatic carbocycles. The van der Waals surface area contributed by atoms with E-state index in [9.17, 15) is 9.59 Å². The van der Waals surface area contributed by atoms with Gasteiger partial charge in [-0.3, -0.25) is 9.59 Å². The minimum atomic E-state index is -0.839. The summed E-state index contributed by atoms with van der Waals surface area (Å²) < 4.78 is 0. The summed E-state index contributed by atoms with van der Waals surface area (Å²) in [5.74, 6) is -0.113. The predicted molar refractivity (Wildman–Crippen MR) is 82.6 cm³/mol. The molecule has 1 heterocycles. The lowest BCUT2D eigenvalue weighted by Gasteiger charge is -2.48. The normalized spacial score (nSPS) is 24.9. The minimum Gasteiger partial charge on any atom is -0.340 e. The van der Waals surface area contributed by atoms with Gasteiger partial charge in [0.05, 0.1) is 0 Å². The van der Waals surface area contributed by atoms with Crippen LogP contribution in [0.2, 0.25) is 0 Å². The molecule has 1 aromatic rings. The van der Waals surface area contributed by atoms with Gasteiger partial charge in [0.2, 0.25) is 11.8 Å². The highest BCUT2D eigenvalue weighted by Crippen LogP contribution is 2.30. The van der Waals surface area contributed by atoms with Crippen molar-refractivity contribution < 1.29 is 9.59 Å². The van der Waals surface area contributed by atoms with Gasteiger partial charge in [-0.2, -0.15) is 0 Å². The van der Waals surface area contributed by atoms with Crippen molar-refractivity contribution in [3.05, 3.63) is 35.4 Å². The molecular formula is C17H24N2O2. The second-order valence-electron chi connectivity index (χ2n) is 6.52. The molecule has 114 valence electrons. The molecule has 0 bridgehead atoms. The van der Waals surface area contributed by atoms with Crippen molar-refractivity contribution >= 4 is 11.8 Å². The molecule has 1 N–H and O–H groups in total. The van der Waals surface area contributed by atoms with Gasteiger partial charge in [0.1, 0.15) is 11.1 Å². The maximum absolute atomic E-state index is 12.9. The Balaban J connectivity index is 2.40. The van der Waals surface area contributed by atoms with Gasteiger partial charge < -0.3 is 10.2 Å². The van der Waals surface area contributed by atoms with Crippen LogP contribution in [-0.2, 0) is 16.1 Å². The third kappa shape index (κ3) is 2.55. The number of carbonyl (C=O) groups is 2. The molecule has 2 rings (SSSR count). The summed E-state index contributed by atoms with van der Waals surface area (Å²) in [7, 11) is 0. The highest BCUT2D eigenvalue weighted by Gasteiger charge is 2.51. The molecule has 1 aliphatic heterocycles. The Kier molecular flexibility index (Phi) is 3.83. The molecule has 0 spiro atoms. The quantitative estimate of drug-likeness (QED) is 0.928. The standard InChI is InChI=1S/C17H24N2O2/c1-6-17(5)15(21)19(16(3,4)14(20)18-17)11-13-10-8-7-9-12(13)2/h7-10H,6,11H2,1-5H3,(H,18,20). The van der Waals surface area contributed by atoms with Crippen LogP contribution in [0.4, 0.5) is 0 Å². The number of hydrogen-bond acceptors (Lipinski definition) is 2. The number of rotatable bonds is 3. The van der Waals surface area contributed by atoms with Crippen molar-refractivity contribution in [3.63, 3.8) is 0 Å². The zero-order chi connectivity index (χ0) is 15.8. The fraction of sp³-hybridized carbons (Fsp3) is 0.529. The first kappa shape index (κ1) is 15.5. The Morgan fingerprint density at radius 2 is 1.76 bits per heavy atom. The Bertz CT molecular complexity index is 580. The number of hydrogen-bond donors (Lipinski definition) is 1. The molecule has 1 unspecified atom stereocenters. The second-order valence-corrected chi connectivity index (χ2v) is 6.52. The number of benzene rings is 1. The molecule has 0 aromatic heterocycles. The third-order valence-corrected chi connectivity index (χ3v) is 4.63. The summed E-state index contributed by atoms with van der Waals surface area (Å²) in [4.78, 5) is 27.0. The minimum absolute atomic E-state index is 0.0159. The van der Waals surface area contributed by atoms with Crippen LogP contribution >= 0.6 is 0 Å². The molecule has 0 aliphatic carbocycles. The van der Waals surface area contributed by atoms with Gasteiger partial charge in [0.15, 0.2) is 0 Å². The van der Waals surface area contributed by atoms with Crippen molar-refractivity contribution in [2.45, 2.75) is 58.7 Å². The number of piperazine rings is 1. The van der Waals surface area contributed by atoms with Gasteiger partial charge in [-0.15, -0.1) is 0 Å². The fourth-order valence-corrected chi connectivity index (χ4v) is 2.60. The highest BCUT2D eigenvalue weighted by atomic mass is 16.2. The van der Waals surface area contributed by atoms with E-state index in [1.54, 1.807) is 25.7 Å². The zero-order valence-corrected chi connectivity index (χ0v) is 13.5. The molecule has 1 aliphatic rings. The average Bonchev–Trinajstić information content (AvgIpc) is 2.44. The van der Waals surface area contributed by atoms with Crippen LogP contribution in [0.25, 0.3) is 0 Å². The van der Waals surface area contributed by atoms with Crippen molar-refractivity contribution in [2.75, 3.05) is 0 Å². The van der Waals surface area contributed by atoms with Gasteiger partial charge in [-0.05, 0) is 45.2 Å². The van der Waals surface area contributed by atoms with E-state index in [1.807, 2.05) is 38.1 Å². The van der Waals surface area contributed by atoms with Gasteiger partial charge >= 0.3 is 0 Å². The van der Waals surface area contributed by atoms with Crippen LogP contribution < -0.4 is 5.32 Å². The van der Waals surface area contributed by atoms with Crippen molar-refractivity contribution in [3.8, 4) is 0 Å². The lowest BCUT2D eigenvalue weighted by molar-refractivity contribution is -0.161. The van der Waals surface area contributed by atoms with E-state index in [0.717, 1.165) is 11.1 Å². The van der Waals surface area contributed by atoms with E-state index in [4.69, 9.17) is 0 Å². The van der Waals surface area contributed by atoms with Crippen molar-refractivity contribution in [2.24, 2.45) is 0 Å². The van der Waals surface area contributed by atoms with Gasteiger partial charge in [0.25, 0.3) is 0 Å². The molecular weight excluding hydrogens is 264 g/mol. The first-order valence-electron chi connectivity index (χ1n) is 7.41. The van der Waals surface area contributed by atoms with E-state index in [0.29, 0.717) is 13.0 Å². The van der Waals surface area contributed by atoms with E-state index in [1.165, 1.54) is 0 Å². The second kappa shape index (κ2) is 5.17. The number of amides is 2. The van der Waals surface area contributed by atoms with E-state index < -0.39 is 11.1 Å². The first-order chi connectivity index (χ1) is 9.72. The molecule has 0 saturated carbocycles. The average molecular weight is 288 g/mol. The molecule has 1 atom stereocenters. The van der Waals surface area contributed by atoms with Crippen LogP contribution in [0.5, 0.6) is 0 Å². The lowest BCUT2D eigenvalue weighted by atomic mass is 9.86. The third-order valence-electron chi connectivity index (χ3n) is 4.63. The summed E-state index contributed by atoms with van der Waals surface area (Å²) in [5.41, 5.74) is 0.556. The predicted octanol–water partition coefficient (Wildman–Crippen LogP) is 2.40. The van der Waals surface area contributed by atoms with Crippen LogP contribution in [0.15, 0.2) is 24.3 Å². The van der Waals surface area contributed by atoms with E-state index >= 15 is 0 Å². The van der Waals surface area contributed by atoms with Crippen LogP contribution in [0.3, 0.4) is 0 Å². The summed E-state index contributed by atoms with van der Waals surface area (Å²) in [6.45, 7) is 9.80. The number of carbonyl (C=O) groups excluding carboxylic acids is 2. The van der Waals surface area contributed by atoms with Gasteiger partial charge in [0, 0.05) is 6.54 Å². The molecule has 1 saturated heterocycles. The summed E-state index contributed by atoms with van der Waals surface area (Å²) in [6, 6.07) is 7.97. The largest absolute Gasteiger partial charge is 0.340 e. The maximum atomic E-state index is 12.9. The Morgan fingerprint density at radius 3 is 2.33 bits per heavy atom. The molecule has 4 nitrogen and oxygen atoms in total. The van der Waals surface area contributed by atoms with Crippen molar-refractivity contribution in [1.29, 1.82) is 0 Å². The smallest absolute Gasteiger partial charge is 0.249 e. The van der Waals surface area contributed by atoms with Crippen molar-refractivity contribution in [1.82, 2.24) is 10.2 Å². The van der Waals surface area contributed by atoms with Gasteiger partial charge in [-0.1, -0.05) is 31.2 Å². The summed E-state index contributed by atoms with van der Waals surface area (Å²) in [6.07, 6.45) is 0.581. The Morgan fingerprint density at radius 1 is 1.14 bits per heavy atom. The zero-order valence-electron chi connectivity index (χ0n) is 13.5. The van der Waals surface area contributed by atoms with Crippen LogP contribution in [-0.4, -0.2) is 27.8 Å². The Labute approximate surface area is 126 Å². The molecule has 2 amide bonds. The number of aryl methyl sites for hydroxylation is 1. The number of nitrogens with one attached hydrogen (secondary N) is 1. The molecule has 4 heteroatoms. The molecule has 1 fully saturated rings. The van der Waals surface area contributed by atoms with Crippen LogP contribution in [0, 0.1) is 6.92 Å². The highest BCUT2D eigenvalue weighted by molar-refractivity contribution is 6.01. The topological polar surface area (TPSA) is 49.4 Å². The van der Waals surface area contributed by atoms with Gasteiger partial charge in [-0.25, -0.2) is 0 Å². The molecule has 21 heavy (non-hydrogen) atoms. The molecule has 0 radical (unpaired) electrons. The lowest BCUT2D eigenvalue weighted by Crippen LogP contribution is -2.72. The fourth-order valence-electron chi connectivity index (χ4n) is 2.60. The van der Waals surface area contributed by atoms with E-state index in [-0.39, 0.29) is 11.8 Å². The SMILES string of the molecule is CCC1(C)NC(=O)C(C)(C)N(Cc2ccccc2C)C1=O. The maximum Gasteiger partial charge on any atom is 0.249 e. The summed E-state index contributed by atoms with van der Waals surface area (Å²) >= 11 is 0. The Hall–Kier alpha value is -1.84. The monoisotopic (exact) mass is 288 g/mol. The summed E-state index contributed by atoms with van der Waals surface area (Å²) in [5, 5.41) is 2.88.